The highest BCUT2D eigenvalue weighted by atomic mass is 16.5. The number of hydrogen-bond acceptors (Lipinski definition) is 5. The van der Waals surface area contributed by atoms with Crippen LogP contribution in [0.25, 0.3) is 0 Å². The SMILES string of the molecule is CCc1ccc(NC(=O)COC(=O)[C@@H]2CC(=O)N(c3ccc(Oc4cc(C)ccc4C(C)C)cc3)C2)cc1. The van der Waals surface area contributed by atoms with Gasteiger partial charge in [0.05, 0.1) is 5.92 Å². The molecule has 1 heterocycles. The summed E-state index contributed by atoms with van der Waals surface area (Å²) in [5, 5.41) is 2.71. The van der Waals surface area contributed by atoms with Crippen LogP contribution in [0.5, 0.6) is 11.5 Å². The summed E-state index contributed by atoms with van der Waals surface area (Å²) in [6.45, 7) is 8.13. The van der Waals surface area contributed by atoms with Gasteiger partial charge in [-0.3, -0.25) is 14.4 Å². The maximum atomic E-state index is 12.7. The van der Waals surface area contributed by atoms with Crippen molar-refractivity contribution in [2.75, 3.05) is 23.4 Å². The molecule has 0 saturated carbocycles. The normalized spacial score (nSPS) is 15.0. The number of carbonyl (C=O) groups is 3. The van der Waals surface area contributed by atoms with E-state index >= 15 is 0 Å². The van der Waals surface area contributed by atoms with Gasteiger partial charge in [0.25, 0.3) is 5.91 Å². The third kappa shape index (κ3) is 6.59. The molecule has 3 aromatic rings. The van der Waals surface area contributed by atoms with E-state index in [1.807, 2.05) is 61.5 Å². The van der Waals surface area contributed by atoms with Gasteiger partial charge in [-0.2, -0.15) is 0 Å². The van der Waals surface area contributed by atoms with Crippen LogP contribution < -0.4 is 15.0 Å². The van der Waals surface area contributed by atoms with E-state index in [4.69, 9.17) is 9.47 Å². The Hall–Kier alpha value is -4.13. The lowest BCUT2D eigenvalue weighted by Gasteiger charge is -2.18. The molecular weight excluding hydrogens is 480 g/mol. The summed E-state index contributed by atoms with van der Waals surface area (Å²) < 4.78 is 11.4. The Kier molecular flexibility index (Phi) is 8.46. The average molecular weight is 515 g/mol. The molecule has 1 saturated heterocycles. The van der Waals surface area contributed by atoms with Crippen LogP contribution in [0.4, 0.5) is 11.4 Å². The predicted octanol–water partition coefficient (Wildman–Crippen LogP) is 6.01. The first-order valence-corrected chi connectivity index (χ1v) is 13.0. The van der Waals surface area contributed by atoms with Crippen molar-refractivity contribution in [3.63, 3.8) is 0 Å². The van der Waals surface area contributed by atoms with E-state index in [9.17, 15) is 14.4 Å². The number of aryl methyl sites for hydroxylation is 2. The van der Waals surface area contributed by atoms with E-state index in [2.05, 4.69) is 38.2 Å². The van der Waals surface area contributed by atoms with Crippen molar-refractivity contribution in [1.29, 1.82) is 0 Å². The second kappa shape index (κ2) is 11.9. The first-order valence-electron chi connectivity index (χ1n) is 13.0. The van der Waals surface area contributed by atoms with Gasteiger partial charge in [0.2, 0.25) is 5.91 Å². The maximum Gasteiger partial charge on any atom is 0.311 e. The molecule has 0 aliphatic carbocycles. The Labute approximate surface area is 223 Å². The van der Waals surface area contributed by atoms with Crippen LogP contribution in [-0.4, -0.2) is 30.9 Å². The second-order valence-corrected chi connectivity index (χ2v) is 9.90. The van der Waals surface area contributed by atoms with Gasteiger partial charge in [0, 0.05) is 24.3 Å². The van der Waals surface area contributed by atoms with Crippen molar-refractivity contribution in [2.45, 2.75) is 46.5 Å². The second-order valence-electron chi connectivity index (χ2n) is 9.90. The van der Waals surface area contributed by atoms with E-state index in [1.54, 1.807) is 4.90 Å². The van der Waals surface area contributed by atoms with E-state index in [1.165, 1.54) is 5.56 Å². The Morgan fingerprint density at radius 2 is 1.74 bits per heavy atom. The zero-order valence-corrected chi connectivity index (χ0v) is 22.3. The first kappa shape index (κ1) is 26.9. The van der Waals surface area contributed by atoms with E-state index in [0.717, 1.165) is 23.3 Å². The number of benzene rings is 3. The summed E-state index contributed by atoms with van der Waals surface area (Å²) in [6, 6.07) is 20.9. The number of amides is 2. The molecule has 0 unspecified atom stereocenters. The van der Waals surface area contributed by atoms with Gasteiger partial charge in [0.15, 0.2) is 6.61 Å². The van der Waals surface area contributed by atoms with Crippen LogP contribution in [0.1, 0.15) is 49.8 Å². The third-order valence-corrected chi connectivity index (χ3v) is 6.62. The lowest BCUT2D eigenvalue weighted by atomic mass is 10.0. The molecular formula is C31H34N2O5. The van der Waals surface area contributed by atoms with E-state index in [0.29, 0.717) is 23.0 Å². The van der Waals surface area contributed by atoms with Gasteiger partial charge in [-0.1, -0.05) is 45.0 Å². The summed E-state index contributed by atoms with van der Waals surface area (Å²) in [6.07, 6.45) is 0.950. The summed E-state index contributed by atoms with van der Waals surface area (Å²) >= 11 is 0. The number of nitrogens with one attached hydrogen (secondary N) is 1. The predicted molar refractivity (Wildman–Crippen MR) is 148 cm³/mol. The largest absolute Gasteiger partial charge is 0.457 e. The molecule has 3 aromatic carbocycles. The monoisotopic (exact) mass is 514 g/mol. The zero-order valence-electron chi connectivity index (χ0n) is 22.3. The van der Waals surface area contributed by atoms with Gasteiger partial charge in [-0.15, -0.1) is 0 Å². The molecule has 1 N–H and O–H groups in total. The molecule has 0 aromatic heterocycles. The molecule has 4 rings (SSSR count). The van der Waals surface area contributed by atoms with Gasteiger partial charge in [-0.05, 0) is 78.4 Å². The minimum atomic E-state index is -0.629. The number of nitrogens with zero attached hydrogens (tertiary/aromatic N) is 1. The highest BCUT2D eigenvalue weighted by Crippen LogP contribution is 2.33. The molecule has 38 heavy (non-hydrogen) atoms. The highest BCUT2D eigenvalue weighted by molar-refractivity contribution is 6.00. The molecule has 2 amide bonds. The van der Waals surface area contributed by atoms with Crippen LogP contribution >= 0.6 is 0 Å². The topological polar surface area (TPSA) is 84.9 Å². The minimum absolute atomic E-state index is 0.0399. The van der Waals surface area contributed by atoms with Gasteiger partial charge in [0.1, 0.15) is 11.5 Å². The number of hydrogen-bond donors (Lipinski definition) is 1. The Morgan fingerprint density at radius 1 is 1.03 bits per heavy atom. The summed E-state index contributed by atoms with van der Waals surface area (Å²) in [7, 11) is 0. The summed E-state index contributed by atoms with van der Waals surface area (Å²) in [5.74, 6) is 0.0283. The van der Waals surface area contributed by atoms with Crippen molar-refractivity contribution < 1.29 is 23.9 Å². The summed E-state index contributed by atoms with van der Waals surface area (Å²) in [5.41, 5.74) is 4.72. The number of rotatable bonds is 9. The van der Waals surface area contributed by atoms with Gasteiger partial charge in [-0.25, -0.2) is 0 Å². The van der Waals surface area contributed by atoms with Crippen molar-refractivity contribution in [2.24, 2.45) is 5.92 Å². The Balaban J connectivity index is 1.31. The fourth-order valence-electron chi connectivity index (χ4n) is 4.42. The number of anilines is 2. The molecule has 7 heteroatoms. The van der Waals surface area contributed by atoms with E-state index in [-0.39, 0.29) is 18.9 Å². The molecule has 1 fully saturated rings. The number of ether oxygens (including phenoxy) is 2. The third-order valence-electron chi connectivity index (χ3n) is 6.62. The lowest BCUT2D eigenvalue weighted by molar-refractivity contribution is -0.151. The summed E-state index contributed by atoms with van der Waals surface area (Å²) in [4.78, 5) is 39.0. The van der Waals surface area contributed by atoms with Crippen molar-refractivity contribution in [1.82, 2.24) is 0 Å². The molecule has 0 spiro atoms. The van der Waals surface area contributed by atoms with Crippen LogP contribution in [0.3, 0.4) is 0 Å². The molecule has 1 aliphatic heterocycles. The molecule has 1 atom stereocenters. The zero-order chi connectivity index (χ0) is 27.2. The van der Waals surface area contributed by atoms with E-state index < -0.39 is 24.4 Å². The fraction of sp³-hybridized carbons (Fsp3) is 0.323. The highest BCUT2D eigenvalue weighted by Gasteiger charge is 2.36. The van der Waals surface area contributed by atoms with Gasteiger partial charge >= 0.3 is 5.97 Å². The van der Waals surface area contributed by atoms with Gasteiger partial charge < -0.3 is 19.7 Å². The Morgan fingerprint density at radius 3 is 2.39 bits per heavy atom. The molecule has 0 bridgehead atoms. The Bertz CT molecular complexity index is 1300. The quantitative estimate of drug-likeness (QED) is 0.354. The number of carbonyl (C=O) groups excluding carboxylic acids is 3. The first-order chi connectivity index (χ1) is 18.2. The van der Waals surface area contributed by atoms with Crippen LogP contribution in [0.15, 0.2) is 66.7 Å². The van der Waals surface area contributed by atoms with Crippen molar-refractivity contribution in [3.05, 3.63) is 83.4 Å². The smallest absolute Gasteiger partial charge is 0.311 e. The van der Waals surface area contributed by atoms with Crippen molar-refractivity contribution >= 4 is 29.2 Å². The van der Waals surface area contributed by atoms with Crippen LogP contribution in [0, 0.1) is 12.8 Å². The molecule has 7 nitrogen and oxygen atoms in total. The van der Waals surface area contributed by atoms with Crippen LogP contribution in [-0.2, 0) is 25.5 Å². The lowest BCUT2D eigenvalue weighted by Crippen LogP contribution is -2.28. The maximum absolute atomic E-state index is 12.7. The fourth-order valence-corrected chi connectivity index (χ4v) is 4.42. The minimum Gasteiger partial charge on any atom is -0.457 e. The number of esters is 1. The standard InChI is InChI=1S/C31H34N2O5/c1-5-22-7-9-24(10-8-22)32-29(34)19-37-31(36)23-17-30(35)33(18-23)25-11-13-26(14-12-25)38-28-16-21(4)6-15-27(28)20(2)3/h6-16,20,23H,5,17-19H2,1-4H3,(H,32,34)/t23-/m1/s1. The average Bonchev–Trinajstić information content (AvgIpc) is 3.29. The van der Waals surface area contributed by atoms with Crippen LogP contribution in [0.2, 0.25) is 0 Å². The molecule has 0 radical (unpaired) electrons. The van der Waals surface area contributed by atoms with Crippen molar-refractivity contribution in [3.8, 4) is 11.5 Å². The molecule has 198 valence electrons. The molecule has 1 aliphatic rings.